The first-order valence-electron chi connectivity index (χ1n) is 12.5. The van der Waals surface area contributed by atoms with Crippen LogP contribution in [0, 0.1) is 0 Å². The summed E-state index contributed by atoms with van der Waals surface area (Å²) in [4.78, 5) is 30.6. The molecule has 2 aliphatic heterocycles. The molecule has 0 saturated carbocycles. The van der Waals surface area contributed by atoms with Crippen LogP contribution < -0.4 is 24.7 Å². The molecule has 2 aliphatic rings. The molecule has 3 heterocycles. The fraction of sp³-hybridized carbons (Fsp3) is 0.346. The van der Waals surface area contributed by atoms with Gasteiger partial charge in [-0.25, -0.2) is 10.2 Å². The number of nitrogens with zero attached hydrogens (tertiary/aromatic N) is 6. The highest BCUT2D eigenvalue weighted by Crippen LogP contribution is 2.29. The van der Waals surface area contributed by atoms with Gasteiger partial charge in [0, 0.05) is 30.7 Å². The molecule has 5 rings (SSSR count). The number of benzene rings is 2. The Morgan fingerprint density at radius 1 is 0.949 bits per heavy atom. The summed E-state index contributed by atoms with van der Waals surface area (Å²) in [5, 5.41) is 4.33. The molecule has 0 bridgehead atoms. The molecule has 1 N–H and O–H groups in total. The number of halogens is 1. The van der Waals surface area contributed by atoms with Crippen molar-refractivity contribution < 1.29 is 23.7 Å². The molecule has 13 heteroatoms. The third-order valence-corrected chi connectivity index (χ3v) is 6.75. The van der Waals surface area contributed by atoms with E-state index in [0.29, 0.717) is 92.0 Å². The number of esters is 1. The maximum absolute atomic E-state index is 12.6. The van der Waals surface area contributed by atoms with E-state index in [1.54, 1.807) is 42.6 Å². The second-order valence-electron chi connectivity index (χ2n) is 8.61. The van der Waals surface area contributed by atoms with E-state index in [-0.39, 0.29) is 0 Å². The van der Waals surface area contributed by atoms with Crippen molar-refractivity contribution in [3.63, 3.8) is 0 Å². The van der Waals surface area contributed by atoms with Crippen LogP contribution in [-0.2, 0) is 9.47 Å². The topological polar surface area (TPSA) is 124 Å². The fourth-order valence-corrected chi connectivity index (χ4v) is 4.46. The molecule has 3 aromatic rings. The van der Waals surface area contributed by atoms with Crippen LogP contribution in [0.3, 0.4) is 0 Å². The Hall–Kier alpha value is -3.81. The maximum Gasteiger partial charge on any atom is 0.344 e. The molecule has 0 unspecified atom stereocenters. The van der Waals surface area contributed by atoms with Crippen molar-refractivity contribution in [2.45, 2.75) is 0 Å². The van der Waals surface area contributed by atoms with Crippen molar-refractivity contribution >= 4 is 46.0 Å². The lowest BCUT2D eigenvalue weighted by atomic mass is 10.2. The van der Waals surface area contributed by atoms with Crippen LogP contribution in [0.5, 0.6) is 11.5 Å². The van der Waals surface area contributed by atoms with E-state index in [1.807, 2.05) is 6.07 Å². The number of anilines is 3. The molecule has 1 aromatic heterocycles. The number of methoxy groups -OCH3 is 1. The van der Waals surface area contributed by atoms with Crippen LogP contribution >= 0.6 is 15.9 Å². The standard InChI is InChI=1S/C26H28BrN7O5/c1-36-22-16-18(6-7-21(22)39-23(35)19-4-2-3-5-20(19)27)17-28-32-24-29-25(33-8-12-37-13-9-33)31-26(30-24)34-10-14-38-15-11-34/h2-7,16-17H,8-15H2,1H3,(H,29,30,31,32)/b28-17+. The number of carbonyl (C=O) groups is 1. The minimum atomic E-state index is -0.495. The summed E-state index contributed by atoms with van der Waals surface area (Å²) >= 11 is 3.37. The monoisotopic (exact) mass is 597 g/mol. The summed E-state index contributed by atoms with van der Waals surface area (Å²) in [6.07, 6.45) is 1.61. The predicted molar refractivity (Wildman–Crippen MR) is 149 cm³/mol. The number of hydrogen-bond acceptors (Lipinski definition) is 12. The Kier molecular flexibility index (Phi) is 8.81. The molecule has 0 spiro atoms. The van der Waals surface area contributed by atoms with Crippen LogP contribution in [0.2, 0.25) is 0 Å². The van der Waals surface area contributed by atoms with Crippen LogP contribution in [0.4, 0.5) is 17.8 Å². The zero-order chi connectivity index (χ0) is 27.0. The molecule has 204 valence electrons. The Labute approximate surface area is 234 Å². The summed E-state index contributed by atoms with van der Waals surface area (Å²) in [6, 6.07) is 12.2. The molecule has 2 aromatic carbocycles. The number of rotatable bonds is 8. The number of morpholine rings is 2. The van der Waals surface area contributed by atoms with Crippen molar-refractivity contribution in [1.82, 2.24) is 15.0 Å². The van der Waals surface area contributed by atoms with Gasteiger partial charge < -0.3 is 28.7 Å². The second-order valence-corrected chi connectivity index (χ2v) is 9.46. The first kappa shape index (κ1) is 26.8. The zero-order valence-corrected chi connectivity index (χ0v) is 23.0. The van der Waals surface area contributed by atoms with Gasteiger partial charge in [-0.1, -0.05) is 12.1 Å². The molecule has 39 heavy (non-hydrogen) atoms. The van der Waals surface area contributed by atoms with Crippen molar-refractivity contribution in [1.29, 1.82) is 0 Å². The Balaban J connectivity index is 1.31. The van der Waals surface area contributed by atoms with Gasteiger partial charge in [-0.2, -0.15) is 20.1 Å². The van der Waals surface area contributed by atoms with E-state index >= 15 is 0 Å². The van der Waals surface area contributed by atoms with E-state index in [4.69, 9.17) is 23.9 Å². The third kappa shape index (κ3) is 6.80. The SMILES string of the molecule is COc1cc(/C=N/Nc2nc(N3CCOCC3)nc(N3CCOCC3)n2)ccc1OC(=O)c1ccccc1Br. The number of carbonyl (C=O) groups excluding carboxylic acids is 1. The van der Waals surface area contributed by atoms with E-state index in [9.17, 15) is 4.79 Å². The minimum Gasteiger partial charge on any atom is -0.493 e. The molecule has 0 aliphatic carbocycles. The lowest BCUT2D eigenvalue weighted by Crippen LogP contribution is -2.40. The van der Waals surface area contributed by atoms with Crippen molar-refractivity contribution in [2.24, 2.45) is 5.10 Å². The van der Waals surface area contributed by atoms with E-state index in [2.05, 4.69) is 46.2 Å². The molecule has 0 radical (unpaired) electrons. The third-order valence-electron chi connectivity index (χ3n) is 6.06. The number of nitrogens with one attached hydrogen (secondary N) is 1. The van der Waals surface area contributed by atoms with E-state index in [0.717, 1.165) is 5.56 Å². The molecule has 2 fully saturated rings. The minimum absolute atomic E-state index is 0.297. The van der Waals surface area contributed by atoms with Crippen LogP contribution in [0.25, 0.3) is 0 Å². The predicted octanol–water partition coefficient (Wildman–Crippen LogP) is 2.98. The Morgan fingerprint density at radius 2 is 1.59 bits per heavy atom. The smallest absolute Gasteiger partial charge is 0.344 e. The largest absolute Gasteiger partial charge is 0.493 e. The number of hydrazone groups is 1. The van der Waals surface area contributed by atoms with Gasteiger partial charge in [-0.15, -0.1) is 0 Å². The van der Waals surface area contributed by atoms with Gasteiger partial charge in [-0.3, -0.25) is 0 Å². The van der Waals surface area contributed by atoms with Crippen LogP contribution in [-0.4, -0.2) is 86.9 Å². The summed E-state index contributed by atoms with van der Waals surface area (Å²) < 4.78 is 22.6. The highest BCUT2D eigenvalue weighted by atomic mass is 79.9. The first-order valence-corrected chi connectivity index (χ1v) is 13.3. The maximum atomic E-state index is 12.6. The molecule has 12 nitrogen and oxygen atoms in total. The molecular formula is C26H28BrN7O5. The van der Waals surface area contributed by atoms with Gasteiger partial charge in [-0.05, 0) is 51.8 Å². The van der Waals surface area contributed by atoms with Crippen LogP contribution in [0.15, 0.2) is 52.0 Å². The molecular weight excluding hydrogens is 570 g/mol. The average Bonchev–Trinajstić information content (AvgIpc) is 2.98. The molecule has 0 amide bonds. The number of aromatic nitrogens is 3. The van der Waals surface area contributed by atoms with Crippen molar-refractivity contribution in [3.8, 4) is 11.5 Å². The van der Waals surface area contributed by atoms with Gasteiger partial charge >= 0.3 is 5.97 Å². The van der Waals surface area contributed by atoms with Gasteiger partial charge in [0.15, 0.2) is 11.5 Å². The van der Waals surface area contributed by atoms with E-state index in [1.165, 1.54) is 7.11 Å². The second kappa shape index (κ2) is 12.8. The number of ether oxygens (including phenoxy) is 4. The lowest BCUT2D eigenvalue weighted by Gasteiger charge is -2.30. The van der Waals surface area contributed by atoms with Gasteiger partial charge in [0.2, 0.25) is 17.8 Å². The summed E-state index contributed by atoms with van der Waals surface area (Å²) in [5.41, 5.74) is 4.06. The fourth-order valence-electron chi connectivity index (χ4n) is 4.01. The first-order chi connectivity index (χ1) is 19.1. The van der Waals surface area contributed by atoms with Crippen molar-refractivity contribution in [2.75, 3.05) is 74.9 Å². The van der Waals surface area contributed by atoms with Gasteiger partial charge in [0.1, 0.15) is 0 Å². The zero-order valence-electron chi connectivity index (χ0n) is 21.4. The normalized spacial score (nSPS) is 15.8. The highest BCUT2D eigenvalue weighted by Gasteiger charge is 2.21. The average molecular weight is 598 g/mol. The van der Waals surface area contributed by atoms with E-state index < -0.39 is 5.97 Å². The van der Waals surface area contributed by atoms with Crippen molar-refractivity contribution in [3.05, 3.63) is 58.1 Å². The summed E-state index contributed by atoms with van der Waals surface area (Å²) in [6.45, 7) is 5.29. The molecule has 0 atom stereocenters. The highest BCUT2D eigenvalue weighted by molar-refractivity contribution is 9.10. The summed E-state index contributed by atoms with van der Waals surface area (Å²) in [5.74, 6) is 1.67. The number of hydrogen-bond donors (Lipinski definition) is 1. The summed E-state index contributed by atoms with van der Waals surface area (Å²) in [7, 11) is 1.51. The quantitative estimate of drug-likeness (QED) is 0.178. The Bertz CT molecular complexity index is 1290. The molecule has 2 saturated heterocycles. The Morgan fingerprint density at radius 3 is 2.21 bits per heavy atom. The van der Waals surface area contributed by atoms with Crippen LogP contribution in [0.1, 0.15) is 15.9 Å². The van der Waals surface area contributed by atoms with Gasteiger partial charge in [0.05, 0.1) is 45.3 Å². The van der Waals surface area contributed by atoms with Gasteiger partial charge in [0.25, 0.3) is 0 Å². The lowest BCUT2D eigenvalue weighted by molar-refractivity contribution is 0.0728.